The standard InChI is InChI=1S/C16H22S/c1-4-6-7-14(3)13-15-8-10-16(11-9-15)17-12-5-2/h8-11,14H,4-5,12-13H2,1-3H3. The molecule has 1 unspecified atom stereocenters. The van der Waals surface area contributed by atoms with Gasteiger partial charge >= 0.3 is 0 Å². The van der Waals surface area contributed by atoms with E-state index in [9.17, 15) is 0 Å². The second-order valence-electron chi connectivity index (χ2n) is 4.27. The maximum absolute atomic E-state index is 3.27. The van der Waals surface area contributed by atoms with Crippen LogP contribution in [0.2, 0.25) is 0 Å². The lowest BCUT2D eigenvalue weighted by atomic mass is 10.0. The number of rotatable bonds is 5. The van der Waals surface area contributed by atoms with Gasteiger partial charge in [0.1, 0.15) is 0 Å². The van der Waals surface area contributed by atoms with E-state index in [0.29, 0.717) is 5.92 Å². The Hall–Kier alpha value is -0.870. The van der Waals surface area contributed by atoms with Gasteiger partial charge in [-0.1, -0.05) is 38.8 Å². The van der Waals surface area contributed by atoms with E-state index in [1.54, 1.807) is 0 Å². The van der Waals surface area contributed by atoms with Crippen LogP contribution < -0.4 is 0 Å². The first-order valence-electron chi connectivity index (χ1n) is 6.46. The minimum Gasteiger partial charge on any atom is -0.126 e. The molecule has 0 aliphatic rings. The molecule has 1 heteroatoms. The van der Waals surface area contributed by atoms with Crippen molar-refractivity contribution < 1.29 is 0 Å². The molecule has 1 aromatic carbocycles. The third kappa shape index (κ3) is 5.84. The first-order valence-corrected chi connectivity index (χ1v) is 7.45. The van der Waals surface area contributed by atoms with Crippen LogP contribution in [0.1, 0.15) is 39.2 Å². The lowest BCUT2D eigenvalue weighted by Gasteiger charge is -2.05. The molecule has 0 radical (unpaired) electrons. The van der Waals surface area contributed by atoms with Gasteiger partial charge < -0.3 is 0 Å². The number of hydrogen-bond donors (Lipinski definition) is 0. The van der Waals surface area contributed by atoms with Crippen LogP contribution in [-0.2, 0) is 6.42 Å². The van der Waals surface area contributed by atoms with Gasteiger partial charge in [-0.3, -0.25) is 0 Å². The lowest BCUT2D eigenvalue weighted by Crippen LogP contribution is -1.96. The summed E-state index contributed by atoms with van der Waals surface area (Å²) in [5.41, 5.74) is 1.39. The Morgan fingerprint density at radius 2 is 1.88 bits per heavy atom. The Kier molecular flexibility index (Phi) is 6.89. The molecular weight excluding hydrogens is 224 g/mol. The second kappa shape index (κ2) is 8.25. The summed E-state index contributed by atoms with van der Waals surface area (Å²) in [6.45, 7) is 6.51. The molecule has 0 heterocycles. The Labute approximate surface area is 110 Å². The van der Waals surface area contributed by atoms with Crippen molar-refractivity contribution in [2.75, 3.05) is 5.75 Å². The number of thioether (sulfide) groups is 1. The zero-order valence-corrected chi connectivity index (χ0v) is 11.9. The topological polar surface area (TPSA) is 0 Å². The number of hydrogen-bond acceptors (Lipinski definition) is 1. The maximum Gasteiger partial charge on any atom is 0.0214 e. The van der Waals surface area contributed by atoms with Gasteiger partial charge in [0.2, 0.25) is 0 Å². The van der Waals surface area contributed by atoms with Crippen molar-refractivity contribution in [1.29, 1.82) is 0 Å². The summed E-state index contributed by atoms with van der Waals surface area (Å²) < 4.78 is 0. The average Bonchev–Trinajstić information content (AvgIpc) is 2.35. The fraction of sp³-hybridized carbons (Fsp3) is 0.500. The van der Waals surface area contributed by atoms with E-state index in [0.717, 1.165) is 12.8 Å². The molecule has 0 bridgehead atoms. The van der Waals surface area contributed by atoms with Gasteiger partial charge in [0.15, 0.2) is 0 Å². The third-order valence-electron chi connectivity index (χ3n) is 2.46. The van der Waals surface area contributed by atoms with Gasteiger partial charge in [-0.25, -0.2) is 0 Å². The summed E-state index contributed by atoms with van der Waals surface area (Å²) in [6.07, 6.45) is 3.25. The molecule has 17 heavy (non-hydrogen) atoms. The lowest BCUT2D eigenvalue weighted by molar-refractivity contribution is 0.749. The molecule has 92 valence electrons. The van der Waals surface area contributed by atoms with Crippen LogP contribution in [0.5, 0.6) is 0 Å². The van der Waals surface area contributed by atoms with E-state index < -0.39 is 0 Å². The number of benzene rings is 1. The fourth-order valence-corrected chi connectivity index (χ4v) is 2.39. The van der Waals surface area contributed by atoms with Crippen molar-refractivity contribution in [2.45, 2.75) is 44.9 Å². The van der Waals surface area contributed by atoms with E-state index in [4.69, 9.17) is 0 Å². The Morgan fingerprint density at radius 3 is 2.47 bits per heavy atom. The molecule has 0 nitrogen and oxygen atoms in total. The molecule has 0 aromatic heterocycles. The van der Waals surface area contributed by atoms with Crippen LogP contribution in [-0.4, -0.2) is 5.75 Å². The molecule has 0 saturated carbocycles. The van der Waals surface area contributed by atoms with Crippen LogP contribution in [0, 0.1) is 17.8 Å². The summed E-state index contributed by atoms with van der Waals surface area (Å²) in [7, 11) is 0. The molecule has 0 amide bonds. The Bertz CT molecular complexity index is 367. The highest BCUT2D eigenvalue weighted by atomic mass is 32.2. The maximum atomic E-state index is 3.27. The van der Waals surface area contributed by atoms with Crippen molar-refractivity contribution in [1.82, 2.24) is 0 Å². The molecule has 1 rings (SSSR count). The summed E-state index contributed by atoms with van der Waals surface area (Å²) in [5, 5.41) is 0. The molecule has 0 spiro atoms. The highest BCUT2D eigenvalue weighted by Gasteiger charge is 2.00. The monoisotopic (exact) mass is 246 g/mol. The van der Waals surface area contributed by atoms with Crippen LogP contribution in [0.25, 0.3) is 0 Å². The van der Waals surface area contributed by atoms with Crippen LogP contribution >= 0.6 is 11.8 Å². The molecule has 0 aliphatic heterocycles. The van der Waals surface area contributed by atoms with Gasteiger partial charge in [-0.05, 0) is 36.3 Å². The van der Waals surface area contributed by atoms with Crippen LogP contribution in [0.4, 0.5) is 0 Å². The fourth-order valence-electron chi connectivity index (χ4n) is 1.62. The highest BCUT2D eigenvalue weighted by molar-refractivity contribution is 7.99. The van der Waals surface area contributed by atoms with Gasteiger partial charge in [0.05, 0.1) is 0 Å². The van der Waals surface area contributed by atoms with Crippen molar-refractivity contribution in [3.63, 3.8) is 0 Å². The SMILES string of the molecule is CCC#CC(C)Cc1ccc(SCCC)cc1. The highest BCUT2D eigenvalue weighted by Crippen LogP contribution is 2.20. The van der Waals surface area contributed by atoms with Gasteiger partial charge in [-0.2, -0.15) is 0 Å². The van der Waals surface area contributed by atoms with Gasteiger partial charge in [0, 0.05) is 17.2 Å². The van der Waals surface area contributed by atoms with E-state index >= 15 is 0 Å². The van der Waals surface area contributed by atoms with Crippen LogP contribution in [0.15, 0.2) is 29.2 Å². The van der Waals surface area contributed by atoms with Gasteiger partial charge in [0.25, 0.3) is 0 Å². The minimum atomic E-state index is 0.462. The largest absolute Gasteiger partial charge is 0.126 e. The smallest absolute Gasteiger partial charge is 0.0214 e. The summed E-state index contributed by atoms with van der Waals surface area (Å²) in [5.74, 6) is 8.10. The minimum absolute atomic E-state index is 0.462. The summed E-state index contributed by atoms with van der Waals surface area (Å²) in [6, 6.07) is 8.94. The van der Waals surface area contributed by atoms with Crippen molar-refractivity contribution in [3.05, 3.63) is 29.8 Å². The molecule has 0 saturated heterocycles. The van der Waals surface area contributed by atoms with Crippen molar-refractivity contribution in [3.8, 4) is 11.8 Å². The molecule has 0 N–H and O–H groups in total. The molecular formula is C16H22S. The Balaban J connectivity index is 2.50. The average molecular weight is 246 g/mol. The summed E-state index contributed by atoms with van der Waals surface area (Å²) in [4.78, 5) is 1.38. The predicted molar refractivity (Wildman–Crippen MR) is 78.4 cm³/mol. The summed E-state index contributed by atoms with van der Waals surface area (Å²) >= 11 is 1.93. The molecule has 1 atom stereocenters. The molecule has 1 aromatic rings. The zero-order valence-electron chi connectivity index (χ0n) is 11.1. The van der Waals surface area contributed by atoms with Crippen molar-refractivity contribution >= 4 is 11.8 Å². The predicted octanol–water partition coefficient (Wildman–Crippen LogP) is 4.78. The van der Waals surface area contributed by atoms with Gasteiger partial charge in [-0.15, -0.1) is 17.7 Å². The second-order valence-corrected chi connectivity index (χ2v) is 5.44. The normalized spacial score (nSPS) is 11.7. The third-order valence-corrected chi connectivity index (χ3v) is 3.68. The first-order chi connectivity index (χ1) is 8.26. The zero-order chi connectivity index (χ0) is 12.5. The van der Waals surface area contributed by atoms with Crippen LogP contribution in [0.3, 0.4) is 0 Å². The van der Waals surface area contributed by atoms with E-state index in [-0.39, 0.29) is 0 Å². The Morgan fingerprint density at radius 1 is 1.18 bits per heavy atom. The van der Waals surface area contributed by atoms with E-state index in [1.165, 1.54) is 22.6 Å². The molecule has 0 aliphatic carbocycles. The van der Waals surface area contributed by atoms with Crippen molar-refractivity contribution in [2.24, 2.45) is 5.92 Å². The first kappa shape index (κ1) is 14.2. The quantitative estimate of drug-likeness (QED) is 0.532. The van der Waals surface area contributed by atoms with E-state index in [1.807, 2.05) is 11.8 Å². The molecule has 0 fully saturated rings. The van der Waals surface area contributed by atoms with E-state index in [2.05, 4.69) is 56.9 Å².